The highest BCUT2D eigenvalue weighted by molar-refractivity contribution is 5.90. The molecule has 0 radical (unpaired) electrons. The third kappa shape index (κ3) is 3.68. The van der Waals surface area contributed by atoms with Gasteiger partial charge in [-0.1, -0.05) is 45.0 Å². The van der Waals surface area contributed by atoms with E-state index in [1.807, 2.05) is 6.92 Å². The van der Waals surface area contributed by atoms with Crippen molar-refractivity contribution in [3.8, 4) is 0 Å². The van der Waals surface area contributed by atoms with E-state index in [0.717, 1.165) is 5.56 Å². The molecule has 0 aliphatic rings. The number of H-pyrrole nitrogens is 1. The van der Waals surface area contributed by atoms with Crippen LogP contribution in [0.3, 0.4) is 0 Å². The van der Waals surface area contributed by atoms with Crippen LogP contribution in [0.5, 0.6) is 0 Å². The number of nitrogens with zero attached hydrogens (tertiary/aromatic N) is 2. The van der Waals surface area contributed by atoms with Gasteiger partial charge in [0, 0.05) is 0 Å². The zero-order valence-corrected chi connectivity index (χ0v) is 13.2. The van der Waals surface area contributed by atoms with Crippen LogP contribution in [0.15, 0.2) is 24.3 Å². The van der Waals surface area contributed by atoms with E-state index in [2.05, 4.69) is 65.5 Å². The smallest absolute Gasteiger partial charge is 0.291 e. The summed E-state index contributed by atoms with van der Waals surface area (Å²) in [5.41, 5.74) is 2.46. The van der Waals surface area contributed by atoms with Gasteiger partial charge < -0.3 is 5.32 Å². The van der Waals surface area contributed by atoms with E-state index < -0.39 is 0 Å². The van der Waals surface area contributed by atoms with Crippen molar-refractivity contribution >= 4 is 5.91 Å². The number of rotatable bonds is 3. The molecule has 0 aliphatic carbocycles. The second-order valence-corrected chi connectivity index (χ2v) is 6.31. The summed E-state index contributed by atoms with van der Waals surface area (Å²) in [6.45, 7) is 10.2. The molecule has 0 saturated carbocycles. The van der Waals surface area contributed by atoms with Crippen LogP contribution in [0.1, 0.15) is 61.3 Å². The molecular weight excluding hydrogens is 264 g/mol. The van der Waals surface area contributed by atoms with E-state index in [1.165, 1.54) is 5.56 Å². The normalized spacial score (nSPS) is 13.0. The van der Waals surface area contributed by atoms with Gasteiger partial charge in [-0.15, -0.1) is 5.10 Å². The van der Waals surface area contributed by atoms with Crippen LogP contribution in [-0.2, 0) is 5.41 Å². The minimum atomic E-state index is -0.272. The molecule has 1 aromatic heterocycles. The lowest BCUT2D eigenvalue weighted by atomic mass is 9.86. The first kappa shape index (κ1) is 15.2. The quantitative estimate of drug-likeness (QED) is 0.911. The van der Waals surface area contributed by atoms with Crippen molar-refractivity contribution in [3.63, 3.8) is 0 Å². The van der Waals surface area contributed by atoms with Crippen LogP contribution < -0.4 is 5.32 Å². The predicted octanol–water partition coefficient (Wildman–Crippen LogP) is 2.90. The highest BCUT2D eigenvalue weighted by atomic mass is 16.2. The minimum absolute atomic E-state index is 0.0923. The number of carbonyl (C=O) groups excluding carboxylic acids is 1. The molecule has 21 heavy (non-hydrogen) atoms. The molecule has 0 spiro atoms. The Morgan fingerprint density at radius 2 is 1.86 bits per heavy atom. The first-order valence-corrected chi connectivity index (χ1v) is 7.07. The van der Waals surface area contributed by atoms with E-state index in [0.29, 0.717) is 5.82 Å². The van der Waals surface area contributed by atoms with Gasteiger partial charge in [0.2, 0.25) is 5.82 Å². The number of aryl methyl sites for hydroxylation is 1. The second-order valence-electron chi connectivity index (χ2n) is 6.31. The number of aromatic nitrogens is 3. The van der Waals surface area contributed by atoms with Crippen molar-refractivity contribution in [1.29, 1.82) is 0 Å². The van der Waals surface area contributed by atoms with Crippen LogP contribution >= 0.6 is 0 Å². The van der Waals surface area contributed by atoms with Gasteiger partial charge in [0.1, 0.15) is 5.82 Å². The lowest BCUT2D eigenvalue weighted by molar-refractivity contribution is 0.0929. The predicted molar refractivity (Wildman–Crippen MR) is 82.1 cm³/mol. The Hall–Kier alpha value is -2.17. The zero-order valence-electron chi connectivity index (χ0n) is 13.2. The van der Waals surface area contributed by atoms with Crippen LogP contribution in [0.4, 0.5) is 0 Å². The SMILES string of the molecule is Cc1nc(C(=O)NC(C)c2ccc(C(C)(C)C)cc2)n[nH]1. The van der Waals surface area contributed by atoms with Crippen LogP contribution in [0.2, 0.25) is 0 Å². The molecule has 112 valence electrons. The van der Waals surface area contributed by atoms with Crippen molar-refractivity contribution < 1.29 is 4.79 Å². The van der Waals surface area contributed by atoms with Gasteiger partial charge in [0.05, 0.1) is 6.04 Å². The molecular formula is C16H22N4O. The molecule has 1 amide bonds. The summed E-state index contributed by atoms with van der Waals surface area (Å²) in [7, 11) is 0. The van der Waals surface area contributed by atoms with Gasteiger partial charge in [-0.3, -0.25) is 9.89 Å². The third-order valence-corrected chi connectivity index (χ3v) is 3.42. The fraction of sp³-hybridized carbons (Fsp3) is 0.438. The van der Waals surface area contributed by atoms with Crippen LogP contribution in [0, 0.1) is 6.92 Å². The molecule has 0 saturated heterocycles. The third-order valence-electron chi connectivity index (χ3n) is 3.42. The van der Waals surface area contributed by atoms with E-state index in [-0.39, 0.29) is 23.2 Å². The average molecular weight is 286 g/mol. The lowest BCUT2D eigenvalue weighted by Gasteiger charge is -2.20. The minimum Gasteiger partial charge on any atom is -0.343 e. The summed E-state index contributed by atoms with van der Waals surface area (Å²) in [6.07, 6.45) is 0. The molecule has 1 aromatic carbocycles. The Balaban J connectivity index is 2.06. The first-order valence-electron chi connectivity index (χ1n) is 7.07. The number of benzene rings is 1. The summed E-state index contributed by atoms with van der Waals surface area (Å²) < 4.78 is 0. The molecule has 2 N–H and O–H groups in total. The van der Waals surface area contributed by atoms with Crippen molar-refractivity contribution in [2.45, 2.75) is 46.1 Å². The lowest BCUT2D eigenvalue weighted by Crippen LogP contribution is -2.27. The van der Waals surface area contributed by atoms with Crippen LogP contribution in [0.25, 0.3) is 0 Å². The maximum atomic E-state index is 12.0. The van der Waals surface area contributed by atoms with E-state index >= 15 is 0 Å². The molecule has 0 fully saturated rings. The highest BCUT2D eigenvalue weighted by Crippen LogP contribution is 2.23. The van der Waals surface area contributed by atoms with E-state index in [9.17, 15) is 4.79 Å². The average Bonchev–Trinajstić information content (AvgIpc) is 2.84. The Morgan fingerprint density at radius 1 is 1.24 bits per heavy atom. The standard InChI is InChI=1S/C16H22N4O/c1-10(17-15(21)14-18-11(2)19-20-14)12-6-8-13(9-7-12)16(3,4)5/h6-10H,1-5H3,(H,17,21)(H,18,19,20). The molecule has 0 aliphatic heterocycles. The molecule has 1 heterocycles. The van der Waals surface area contributed by atoms with Crippen molar-refractivity contribution in [2.75, 3.05) is 0 Å². The molecule has 1 atom stereocenters. The Kier molecular flexibility index (Phi) is 4.11. The molecule has 5 heteroatoms. The number of nitrogens with one attached hydrogen (secondary N) is 2. The molecule has 2 rings (SSSR count). The maximum absolute atomic E-state index is 12.0. The second kappa shape index (κ2) is 5.68. The summed E-state index contributed by atoms with van der Waals surface area (Å²) >= 11 is 0. The summed E-state index contributed by atoms with van der Waals surface area (Å²) in [5, 5.41) is 9.43. The molecule has 2 aromatic rings. The fourth-order valence-electron chi connectivity index (χ4n) is 2.06. The van der Waals surface area contributed by atoms with Gasteiger partial charge in [-0.2, -0.15) is 0 Å². The number of aromatic amines is 1. The Bertz CT molecular complexity index is 622. The molecule has 1 unspecified atom stereocenters. The summed E-state index contributed by atoms with van der Waals surface area (Å²) in [6, 6.07) is 8.22. The van der Waals surface area contributed by atoms with Gasteiger partial charge in [0.25, 0.3) is 5.91 Å². The number of hydrogen-bond donors (Lipinski definition) is 2. The van der Waals surface area contributed by atoms with E-state index in [1.54, 1.807) is 6.92 Å². The topological polar surface area (TPSA) is 70.7 Å². The Morgan fingerprint density at radius 3 is 2.33 bits per heavy atom. The first-order chi connectivity index (χ1) is 9.77. The van der Waals surface area contributed by atoms with Crippen LogP contribution in [-0.4, -0.2) is 21.1 Å². The highest BCUT2D eigenvalue weighted by Gasteiger charge is 2.17. The van der Waals surface area contributed by atoms with Gasteiger partial charge in [-0.05, 0) is 30.4 Å². The number of amides is 1. The molecule has 5 nitrogen and oxygen atoms in total. The largest absolute Gasteiger partial charge is 0.343 e. The summed E-state index contributed by atoms with van der Waals surface area (Å²) in [4.78, 5) is 16.0. The molecule has 0 bridgehead atoms. The van der Waals surface area contributed by atoms with Gasteiger partial charge in [0.15, 0.2) is 0 Å². The van der Waals surface area contributed by atoms with Crippen molar-refractivity contribution in [1.82, 2.24) is 20.5 Å². The number of hydrogen-bond acceptors (Lipinski definition) is 3. The van der Waals surface area contributed by atoms with E-state index in [4.69, 9.17) is 0 Å². The van der Waals surface area contributed by atoms with Crippen molar-refractivity contribution in [2.24, 2.45) is 0 Å². The zero-order chi connectivity index (χ0) is 15.6. The number of carbonyl (C=O) groups is 1. The fourth-order valence-corrected chi connectivity index (χ4v) is 2.06. The van der Waals surface area contributed by atoms with Crippen molar-refractivity contribution in [3.05, 3.63) is 47.0 Å². The van der Waals surface area contributed by atoms with Gasteiger partial charge >= 0.3 is 0 Å². The Labute approximate surface area is 125 Å². The monoisotopic (exact) mass is 286 g/mol. The maximum Gasteiger partial charge on any atom is 0.291 e. The summed E-state index contributed by atoms with van der Waals surface area (Å²) in [5.74, 6) is 0.528. The van der Waals surface area contributed by atoms with Gasteiger partial charge in [-0.25, -0.2) is 4.98 Å².